The molecular weight excluding hydrogens is 238 g/mol. The molecule has 4 nitrogen and oxygen atoms in total. The molecule has 1 aliphatic carbocycles. The molecule has 2 aliphatic rings. The average Bonchev–Trinajstić information content (AvgIpc) is 2.41. The van der Waals surface area contributed by atoms with E-state index in [1.54, 1.807) is 0 Å². The molecule has 110 valence electrons. The second kappa shape index (κ2) is 7.25. The van der Waals surface area contributed by atoms with Crippen molar-refractivity contribution in [1.82, 2.24) is 15.5 Å². The van der Waals surface area contributed by atoms with E-state index in [9.17, 15) is 4.79 Å². The van der Waals surface area contributed by atoms with Crippen LogP contribution in [-0.4, -0.2) is 42.6 Å². The summed E-state index contributed by atoms with van der Waals surface area (Å²) in [6, 6.07) is 1.03. The number of hydrogen-bond donors (Lipinski definition) is 2. The van der Waals surface area contributed by atoms with Crippen LogP contribution in [0.5, 0.6) is 0 Å². The first kappa shape index (κ1) is 14.8. The molecule has 0 spiro atoms. The summed E-state index contributed by atoms with van der Waals surface area (Å²) in [6.07, 6.45) is 6.87. The highest BCUT2D eigenvalue weighted by molar-refractivity contribution is 5.76. The van der Waals surface area contributed by atoms with Gasteiger partial charge in [0, 0.05) is 38.3 Å². The zero-order chi connectivity index (χ0) is 13.7. The highest BCUT2D eigenvalue weighted by Crippen LogP contribution is 2.17. The maximum atomic E-state index is 11.9. The van der Waals surface area contributed by atoms with E-state index in [-0.39, 0.29) is 5.91 Å². The molecule has 1 amide bonds. The van der Waals surface area contributed by atoms with Gasteiger partial charge >= 0.3 is 0 Å². The molecule has 0 radical (unpaired) electrons. The molecule has 2 unspecified atom stereocenters. The highest BCUT2D eigenvalue weighted by Gasteiger charge is 2.22. The van der Waals surface area contributed by atoms with Crippen LogP contribution >= 0.6 is 0 Å². The number of nitrogens with zero attached hydrogens (tertiary/aromatic N) is 1. The van der Waals surface area contributed by atoms with Crippen LogP contribution in [0.4, 0.5) is 0 Å². The third-order valence-electron chi connectivity index (χ3n) is 4.66. The normalized spacial score (nSPS) is 30.2. The van der Waals surface area contributed by atoms with Gasteiger partial charge in [0.15, 0.2) is 0 Å². The summed E-state index contributed by atoms with van der Waals surface area (Å²) in [6.45, 7) is 7.40. The SMILES string of the molecule is CC1CN(CCC(=O)NC2CCCCC2)CNC1C. The van der Waals surface area contributed by atoms with E-state index < -0.39 is 0 Å². The van der Waals surface area contributed by atoms with Gasteiger partial charge in [-0.15, -0.1) is 0 Å². The summed E-state index contributed by atoms with van der Waals surface area (Å²) in [5.41, 5.74) is 0. The molecule has 0 aromatic carbocycles. The van der Waals surface area contributed by atoms with Crippen molar-refractivity contribution in [1.29, 1.82) is 0 Å². The van der Waals surface area contributed by atoms with Gasteiger partial charge in [0.2, 0.25) is 5.91 Å². The Morgan fingerprint density at radius 2 is 2.00 bits per heavy atom. The molecule has 0 bridgehead atoms. The summed E-state index contributed by atoms with van der Waals surface area (Å²) in [7, 11) is 0. The molecule has 19 heavy (non-hydrogen) atoms. The minimum Gasteiger partial charge on any atom is -0.353 e. The lowest BCUT2D eigenvalue weighted by atomic mass is 9.95. The van der Waals surface area contributed by atoms with Crippen molar-refractivity contribution in [2.24, 2.45) is 5.92 Å². The van der Waals surface area contributed by atoms with Crippen LogP contribution in [0.25, 0.3) is 0 Å². The third-order valence-corrected chi connectivity index (χ3v) is 4.66. The van der Waals surface area contributed by atoms with Crippen molar-refractivity contribution in [3.8, 4) is 0 Å². The Labute approximate surface area is 117 Å². The zero-order valence-corrected chi connectivity index (χ0v) is 12.5. The van der Waals surface area contributed by atoms with Crippen molar-refractivity contribution in [3.05, 3.63) is 0 Å². The number of carbonyl (C=O) groups is 1. The van der Waals surface area contributed by atoms with E-state index in [0.717, 1.165) is 19.8 Å². The van der Waals surface area contributed by atoms with Crippen molar-refractivity contribution >= 4 is 5.91 Å². The first-order chi connectivity index (χ1) is 9.15. The van der Waals surface area contributed by atoms with Gasteiger partial charge in [-0.1, -0.05) is 26.2 Å². The van der Waals surface area contributed by atoms with Gasteiger partial charge in [-0.05, 0) is 25.7 Å². The molecule has 0 aromatic heterocycles. The Morgan fingerprint density at radius 1 is 1.26 bits per heavy atom. The van der Waals surface area contributed by atoms with Crippen LogP contribution < -0.4 is 10.6 Å². The van der Waals surface area contributed by atoms with Gasteiger partial charge in [-0.2, -0.15) is 0 Å². The van der Waals surface area contributed by atoms with Gasteiger partial charge in [0.05, 0.1) is 0 Å². The first-order valence-electron chi connectivity index (χ1n) is 7.90. The van der Waals surface area contributed by atoms with E-state index in [4.69, 9.17) is 0 Å². The van der Waals surface area contributed by atoms with E-state index >= 15 is 0 Å². The summed E-state index contributed by atoms with van der Waals surface area (Å²) < 4.78 is 0. The molecule has 1 saturated heterocycles. The summed E-state index contributed by atoms with van der Waals surface area (Å²) in [5, 5.41) is 6.67. The lowest BCUT2D eigenvalue weighted by Gasteiger charge is -2.36. The molecular formula is C15H29N3O. The van der Waals surface area contributed by atoms with Crippen LogP contribution in [0.15, 0.2) is 0 Å². The fourth-order valence-corrected chi connectivity index (χ4v) is 3.08. The Kier molecular flexibility index (Phi) is 5.64. The predicted molar refractivity (Wildman–Crippen MR) is 77.8 cm³/mol. The fraction of sp³-hybridized carbons (Fsp3) is 0.933. The summed E-state index contributed by atoms with van der Waals surface area (Å²) in [4.78, 5) is 14.3. The van der Waals surface area contributed by atoms with Gasteiger partial charge in [0.1, 0.15) is 0 Å². The van der Waals surface area contributed by atoms with Crippen molar-refractivity contribution in [2.75, 3.05) is 19.8 Å². The van der Waals surface area contributed by atoms with E-state index in [1.807, 2.05) is 0 Å². The van der Waals surface area contributed by atoms with Gasteiger partial charge in [-0.25, -0.2) is 0 Å². The number of amides is 1. The Hall–Kier alpha value is -0.610. The standard InChI is InChI=1S/C15H29N3O/c1-12-10-18(11-16-13(12)2)9-8-15(19)17-14-6-4-3-5-7-14/h12-14,16H,3-11H2,1-2H3,(H,17,19). The van der Waals surface area contributed by atoms with Crippen molar-refractivity contribution in [3.63, 3.8) is 0 Å². The molecule has 1 saturated carbocycles. The van der Waals surface area contributed by atoms with E-state index in [1.165, 1.54) is 32.1 Å². The molecule has 4 heteroatoms. The molecule has 2 rings (SSSR count). The average molecular weight is 267 g/mol. The van der Waals surface area contributed by atoms with Crippen molar-refractivity contribution < 1.29 is 4.79 Å². The molecule has 2 N–H and O–H groups in total. The molecule has 1 heterocycles. The highest BCUT2D eigenvalue weighted by atomic mass is 16.1. The summed E-state index contributed by atoms with van der Waals surface area (Å²) in [5.74, 6) is 0.897. The predicted octanol–water partition coefficient (Wildman–Crippen LogP) is 1.71. The fourth-order valence-electron chi connectivity index (χ4n) is 3.08. The van der Waals surface area contributed by atoms with Gasteiger partial charge in [-0.3, -0.25) is 9.69 Å². The van der Waals surface area contributed by atoms with Crippen LogP contribution in [0, 0.1) is 5.92 Å². The summed E-state index contributed by atoms with van der Waals surface area (Å²) >= 11 is 0. The second-order valence-electron chi connectivity index (χ2n) is 6.36. The Morgan fingerprint density at radius 3 is 2.68 bits per heavy atom. The van der Waals surface area contributed by atoms with Crippen LogP contribution in [0.1, 0.15) is 52.4 Å². The number of hydrogen-bond acceptors (Lipinski definition) is 3. The maximum absolute atomic E-state index is 11.9. The lowest BCUT2D eigenvalue weighted by Crippen LogP contribution is -2.52. The van der Waals surface area contributed by atoms with E-state index in [0.29, 0.717) is 24.4 Å². The monoisotopic (exact) mass is 267 g/mol. The van der Waals surface area contributed by atoms with Gasteiger partial charge in [0.25, 0.3) is 0 Å². The molecule has 0 aromatic rings. The number of rotatable bonds is 4. The van der Waals surface area contributed by atoms with Gasteiger partial charge < -0.3 is 10.6 Å². The zero-order valence-electron chi connectivity index (χ0n) is 12.5. The maximum Gasteiger partial charge on any atom is 0.221 e. The molecule has 2 fully saturated rings. The van der Waals surface area contributed by atoms with Crippen LogP contribution in [0.3, 0.4) is 0 Å². The van der Waals surface area contributed by atoms with Crippen LogP contribution in [0.2, 0.25) is 0 Å². The molecule has 1 aliphatic heterocycles. The number of nitrogens with one attached hydrogen (secondary N) is 2. The number of carbonyl (C=O) groups excluding carboxylic acids is 1. The van der Waals surface area contributed by atoms with Crippen LogP contribution in [-0.2, 0) is 4.79 Å². The quantitative estimate of drug-likeness (QED) is 0.815. The molecule has 2 atom stereocenters. The third kappa shape index (κ3) is 4.77. The first-order valence-corrected chi connectivity index (χ1v) is 7.90. The minimum absolute atomic E-state index is 0.234. The smallest absolute Gasteiger partial charge is 0.221 e. The van der Waals surface area contributed by atoms with E-state index in [2.05, 4.69) is 29.4 Å². The Bertz CT molecular complexity index is 289. The largest absolute Gasteiger partial charge is 0.353 e. The minimum atomic E-state index is 0.234. The lowest BCUT2D eigenvalue weighted by molar-refractivity contribution is -0.122. The topological polar surface area (TPSA) is 44.4 Å². The second-order valence-corrected chi connectivity index (χ2v) is 6.36. The van der Waals surface area contributed by atoms with Crippen molar-refractivity contribution in [2.45, 2.75) is 64.5 Å². The Balaban J connectivity index is 1.63.